The second kappa shape index (κ2) is 4.40. The van der Waals surface area contributed by atoms with E-state index in [1.807, 2.05) is 13.3 Å². The summed E-state index contributed by atoms with van der Waals surface area (Å²) in [5, 5.41) is 2.84. The fraction of sp³-hybridized carbons (Fsp3) is 0.500. The Bertz CT molecular complexity index is 62.7. The minimum absolute atomic E-state index is 0.554. The lowest BCUT2D eigenvalue weighted by Crippen LogP contribution is -2.16. The number of rotatable bonds is 2. The lowest BCUT2D eigenvalue weighted by molar-refractivity contribution is 1.01. The van der Waals surface area contributed by atoms with Crippen molar-refractivity contribution in [3.8, 4) is 0 Å². The zero-order valence-corrected chi connectivity index (χ0v) is 5.85. The van der Waals surface area contributed by atoms with E-state index in [9.17, 15) is 0 Å². The van der Waals surface area contributed by atoms with Gasteiger partial charge in [0.2, 0.25) is 0 Å². The Morgan fingerprint density at radius 3 is 2.71 bits per heavy atom. The van der Waals surface area contributed by atoms with Gasteiger partial charge in [0.25, 0.3) is 0 Å². The van der Waals surface area contributed by atoms with Gasteiger partial charge in [-0.3, -0.25) is 0 Å². The van der Waals surface area contributed by atoms with Crippen LogP contribution in [-0.4, -0.2) is 10.9 Å². The van der Waals surface area contributed by atoms with Crippen molar-refractivity contribution >= 4 is 29.2 Å². The van der Waals surface area contributed by atoms with Crippen molar-refractivity contribution in [2.45, 2.75) is 6.92 Å². The second-order valence-electron chi connectivity index (χ2n) is 1.09. The largest absolute Gasteiger partial charge is 0.371 e. The molecule has 0 aliphatic rings. The van der Waals surface area contributed by atoms with Gasteiger partial charge in [-0.05, 0) is 6.42 Å². The van der Waals surface area contributed by atoms with Crippen LogP contribution in [0.5, 0.6) is 0 Å². The highest BCUT2D eigenvalue weighted by atomic mass is 32.1. The quantitative estimate of drug-likeness (QED) is 0.432. The van der Waals surface area contributed by atoms with Crippen molar-refractivity contribution in [3.63, 3.8) is 0 Å². The van der Waals surface area contributed by atoms with Gasteiger partial charge in [0.1, 0.15) is 4.32 Å². The summed E-state index contributed by atoms with van der Waals surface area (Å²) >= 11 is 8.43. The molecule has 0 bridgehead atoms. The summed E-state index contributed by atoms with van der Waals surface area (Å²) in [6.45, 7) is 2.77. The molecule has 0 spiro atoms. The normalized spacial score (nSPS) is 8.29. The van der Waals surface area contributed by atoms with Crippen LogP contribution < -0.4 is 5.32 Å². The van der Waals surface area contributed by atoms with Gasteiger partial charge >= 0.3 is 0 Å². The van der Waals surface area contributed by atoms with E-state index in [0.717, 1.165) is 6.54 Å². The van der Waals surface area contributed by atoms with Crippen LogP contribution in [0.25, 0.3) is 0 Å². The van der Waals surface area contributed by atoms with Crippen LogP contribution in [0.2, 0.25) is 0 Å². The molecule has 0 amide bonds. The number of hydrogen-bond donors (Lipinski definition) is 2. The van der Waals surface area contributed by atoms with Crippen molar-refractivity contribution < 1.29 is 0 Å². The summed E-state index contributed by atoms with van der Waals surface area (Å²) in [7, 11) is 0. The van der Waals surface area contributed by atoms with Crippen LogP contribution in [0.1, 0.15) is 6.92 Å². The molecule has 0 rings (SSSR count). The van der Waals surface area contributed by atoms with Gasteiger partial charge in [0, 0.05) is 6.54 Å². The molecule has 0 saturated carbocycles. The zero-order chi connectivity index (χ0) is 5.70. The average molecular weight is 134 g/mol. The topological polar surface area (TPSA) is 12.0 Å². The molecular weight excluding hydrogens is 126 g/mol. The Balaban J connectivity index is 2.82. The molecule has 1 N–H and O–H groups in total. The molecule has 3 heteroatoms. The zero-order valence-electron chi connectivity index (χ0n) is 4.14. The molecule has 1 nitrogen and oxygen atoms in total. The third kappa shape index (κ3) is 6.24. The van der Waals surface area contributed by atoms with Crippen LogP contribution >= 0.6 is 24.8 Å². The van der Waals surface area contributed by atoms with Crippen LogP contribution in [0.3, 0.4) is 0 Å². The maximum absolute atomic E-state index is 4.59. The van der Waals surface area contributed by atoms with Crippen LogP contribution in [0.15, 0.2) is 0 Å². The second-order valence-corrected chi connectivity index (χ2v) is 2.25. The highest BCUT2D eigenvalue weighted by Crippen LogP contribution is 1.76. The van der Waals surface area contributed by atoms with E-state index < -0.39 is 0 Å². The predicted octanol–water partition coefficient (Wildman–Crippen LogP) is 1.01. The molecule has 0 heterocycles. The minimum atomic E-state index is 0.554. The van der Waals surface area contributed by atoms with Gasteiger partial charge in [-0.2, -0.15) is 0 Å². The molecule has 1 radical (unpaired) electrons. The van der Waals surface area contributed by atoms with Crippen LogP contribution in [0, 0.1) is 6.42 Å². The van der Waals surface area contributed by atoms with Gasteiger partial charge < -0.3 is 5.32 Å². The highest BCUT2D eigenvalue weighted by molar-refractivity contribution is 8.11. The Labute approximate surface area is 54.9 Å². The first-order chi connectivity index (χ1) is 3.27. The summed E-state index contributed by atoms with van der Waals surface area (Å²) in [6, 6.07) is 0. The summed E-state index contributed by atoms with van der Waals surface area (Å²) in [6.07, 6.45) is 1.97. The molecule has 41 valence electrons. The molecular formula is C4H8NS2. The molecule has 0 aliphatic heterocycles. The van der Waals surface area contributed by atoms with Crippen LogP contribution in [0.4, 0.5) is 0 Å². The summed E-state index contributed by atoms with van der Waals surface area (Å²) in [5.74, 6) is 0. The van der Waals surface area contributed by atoms with E-state index in [-0.39, 0.29) is 0 Å². The third-order valence-corrected chi connectivity index (χ3v) is 0.760. The number of thiol groups is 1. The molecule has 0 aromatic carbocycles. The van der Waals surface area contributed by atoms with E-state index in [0.29, 0.717) is 4.32 Å². The fourth-order valence-electron chi connectivity index (χ4n) is 0.189. The van der Waals surface area contributed by atoms with E-state index in [4.69, 9.17) is 0 Å². The van der Waals surface area contributed by atoms with Crippen molar-refractivity contribution in [1.82, 2.24) is 5.32 Å². The van der Waals surface area contributed by atoms with Crippen LogP contribution in [-0.2, 0) is 0 Å². The Morgan fingerprint density at radius 1 is 2.00 bits per heavy atom. The average Bonchev–Trinajstić information content (AvgIpc) is 1.61. The molecule has 0 aromatic rings. The Morgan fingerprint density at radius 2 is 2.57 bits per heavy atom. The van der Waals surface area contributed by atoms with Crippen molar-refractivity contribution in [2.24, 2.45) is 0 Å². The summed E-state index contributed by atoms with van der Waals surface area (Å²) in [5.41, 5.74) is 0. The van der Waals surface area contributed by atoms with Gasteiger partial charge in [-0.25, -0.2) is 0 Å². The monoisotopic (exact) mass is 134 g/mol. The summed E-state index contributed by atoms with van der Waals surface area (Å²) < 4.78 is 0.554. The number of hydrogen-bond acceptors (Lipinski definition) is 1. The Kier molecular flexibility index (Phi) is 4.55. The van der Waals surface area contributed by atoms with Crippen molar-refractivity contribution in [3.05, 3.63) is 6.42 Å². The lowest BCUT2D eigenvalue weighted by Gasteiger charge is -1.95. The number of thiocarbonyl (C=S) groups is 1. The first-order valence-electron chi connectivity index (χ1n) is 2.02. The molecule has 0 atom stereocenters. The first kappa shape index (κ1) is 7.24. The van der Waals surface area contributed by atoms with Gasteiger partial charge in [0.05, 0.1) is 0 Å². The molecule has 0 saturated heterocycles. The molecule has 0 unspecified atom stereocenters. The molecule has 0 fully saturated rings. The maximum Gasteiger partial charge on any atom is 0.130 e. The van der Waals surface area contributed by atoms with Gasteiger partial charge in [-0.15, -0.1) is 12.6 Å². The van der Waals surface area contributed by atoms with Crippen molar-refractivity contribution in [1.29, 1.82) is 0 Å². The SMILES string of the molecule is C[CH]CNC(=S)S. The number of nitrogens with one attached hydrogen (secondary N) is 1. The third-order valence-electron chi connectivity index (χ3n) is 0.457. The first-order valence-corrected chi connectivity index (χ1v) is 2.87. The van der Waals surface area contributed by atoms with Crippen molar-refractivity contribution in [2.75, 3.05) is 6.54 Å². The minimum Gasteiger partial charge on any atom is -0.371 e. The Hall–Kier alpha value is 0.240. The standard InChI is InChI=1S/C4H8NS2/c1-2-3-5-4(6)7/h2H,3H2,1H3,(H2,5,6,7). The predicted molar refractivity (Wildman–Crippen MR) is 39.6 cm³/mol. The summed E-state index contributed by atoms with van der Waals surface area (Å²) in [4.78, 5) is 0. The molecule has 7 heavy (non-hydrogen) atoms. The van der Waals surface area contributed by atoms with Gasteiger partial charge in [-0.1, -0.05) is 19.1 Å². The van der Waals surface area contributed by atoms with E-state index in [2.05, 4.69) is 30.2 Å². The maximum atomic E-state index is 4.59. The fourth-order valence-corrected chi connectivity index (χ4v) is 0.364. The smallest absolute Gasteiger partial charge is 0.130 e. The lowest BCUT2D eigenvalue weighted by atomic mass is 10.5. The molecule has 0 aromatic heterocycles. The molecule has 0 aliphatic carbocycles. The van der Waals surface area contributed by atoms with E-state index in [1.54, 1.807) is 0 Å². The highest BCUT2D eigenvalue weighted by Gasteiger charge is 1.80. The van der Waals surface area contributed by atoms with E-state index >= 15 is 0 Å². The van der Waals surface area contributed by atoms with E-state index in [1.165, 1.54) is 0 Å². The van der Waals surface area contributed by atoms with Gasteiger partial charge in [0.15, 0.2) is 0 Å².